The number of carbonyl (C=O) groups is 2. The Labute approximate surface area is 323 Å². The minimum absolute atomic E-state index is 0.0274. The Bertz CT molecular complexity index is 1620. The van der Waals surface area contributed by atoms with Crippen LogP contribution in [0.15, 0.2) is 42.0 Å². The highest BCUT2D eigenvalue weighted by Crippen LogP contribution is 2.71. The third kappa shape index (κ3) is 6.36. The van der Waals surface area contributed by atoms with E-state index in [0.29, 0.717) is 37.7 Å². The van der Waals surface area contributed by atoms with Crippen LogP contribution in [0, 0.1) is 16.7 Å². The molecule has 16 atom stereocenters. The van der Waals surface area contributed by atoms with Gasteiger partial charge in [0.2, 0.25) is 0 Å². The maximum Gasteiger partial charge on any atom is 0.338 e. The first-order valence-corrected chi connectivity index (χ1v) is 19.9. The van der Waals surface area contributed by atoms with Crippen molar-refractivity contribution in [2.24, 2.45) is 16.7 Å². The molecule has 0 aromatic heterocycles. The molecule has 6 aliphatic rings. The van der Waals surface area contributed by atoms with Gasteiger partial charge in [-0.25, -0.2) is 4.79 Å². The zero-order valence-electron chi connectivity index (χ0n) is 33.1. The zero-order valence-corrected chi connectivity index (χ0v) is 33.1. The van der Waals surface area contributed by atoms with Crippen molar-refractivity contribution < 1.29 is 63.2 Å². The summed E-state index contributed by atoms with van der Waals surface area (Å²) in [4.78, 5) is 26.8. The number of ether oxygens (including phenoxy) is 7. The van der Waals surface area contributed by atoms with E-state index in [0.717, 1.165) is 5.57 Å². The summed E-state index contributed by atoms with van der Waals surface area (Å²) >= 11 is 0. The molecule has 4 N–H and O–H groups in total. The van der Waals surface area contributed by atoms with Gasteiger partial charge in [0, 0.05) is 33.0 Å². The maximum absolute atomic E-state index is 13.6. The lowest BCUT2D eigenvalue weighted by atomic mass is 9.42. The highest BCUT2D eigenvalue weighted by Gasteiger charge is 2.81. The van der Waals surface area contributed by atoms with Gasteiger partial charge in [0.1, 0.15) is 35.1 Å². The fraction of sp³-hybridized carbons (Fsp3) is 0.762. The SMILES string of the molecule is CO[C@H]1C[C@H](O[C@H]2[C@@H](OC)C[C@H](O[C@H]3CC[C@@]4(C)C(=CC[C@]5(O)[C@@H]4C[C@@H](OC(=O)c4ccccc4)[C@@]4(C)[C@]5(O)CC[C@@]4(O)C(C)=O)C3)O[C@@H]2C)O[C@H](C)[C@H]1O. The molecule has 2 heterocycles. The van der Waals surface area contributed by atoms with Crippen molar-refractivity contribution in [1.29, 1.82) is 0 Å². The van der Waals surface area contributed by atoms with E-state index in [4.69, 9.17) is 33.2 Å². The Hall–Kier alpha value is -2.30. The molecule has 13 nitrogen and oxygen atoms in total. The number of esters is 1. The summed E-state index contributed by atoms with van der Waals surface area (Å²) in [5.41, 5.74) is -6.52. The number of aliphatic hydroxyl groups is 4. The second-order valence-electron chi connectivity index (χ2n) is 17.5. The van der Waals surface area contributed by atoms with Gasteiger partial charge in [-0.2, -0.15) is 0 Å². The van der Waals surface area contributed by atoms with Gasteiger partial charge in [-0.1, -0.05) is 36.8 Å². The third-order valence-corrected chi connectivity index (χ3v) is 14.9. The molecule has 2 saturated heterocycles. The van der Waals surface area contributed by atoms with Crippen LogP contribution in [0.3, 0.4) is 0 Å². The van der Waals surface area contributed by atoms with Crippen LogP contribution in [-0.4, -0.2) is 125 Å². The number of hydrogen-bond acceptors (Lipinski definition) is 13. The van der Waals surface area contributed by atoms with Crippen LogP contribution in [0.25, 0.3) is 0 Å². The second kappa shape index (κ2) is 14.8. The highest BCUT2D eigenvalue weighted by atomic mass is 16.7. The molecule has 0 unspecified atom stereocenters. The number of carbonyl (C=O) groups excluding carboxylic acids is 2. The van der Waals surface area contributed by atoms with E-state index < -0.39 is 88.4 Å². The molecule has 13 heteroatoms. The zero-order chi connectivity index (χ0) is 39.7. The standard InChI is InChI=1S/C42H60O13/c1-23-35(44)29(49-6)20-34(51-23)55-36-24(2)52-33(21-30(36)50-7)53-28-14-15-38(4)27(19-28)13-16-41(47)31(38)22-32(54-37(45)26-11-9-8-10-12-26)39(5)40(46,25(3)43)17-18-42(39,41)48/h8-13,23-24,28-36,44,46-48H,14-22H2,1-7H3/t23-,24-,28+,29+,30+,31-,32-,33+,34+,35-,36-,38+,39-,40-,41+,42-/m1/s1. The topological polar surface area (TPSA) is 180 Å². The molecule has 5 fully saturated rings. The van der Waals surface area contributed by atoms with Gasteiger partial charge >= 0.3 is 5.97 Å². The summed E-state index contributed by atoms with van der Waals surface area (Å²) in [5.74, 6) is -1.70. The predicted octanol–water partition coefficient (Wildman–Crippen LogP) is 3.77. The molecule has 7 rings (SSSR count). The van der Waals surface area contributed by atoms with E-state index in [1.807, 2.05) is 13.0 Å². The Morgan fingerprint density at radius 2 is 1.51 bits per heavy atom. The van der Waals surface area contributed by atoms with Crippen LogP contribution in [0.5, 0.6) is 0 Å². The normalized spacial score (nSPS) is 48.2. The molecule has 4 aliphatic carbocycles. The lowest BCUT2D eigenvalue weighted by molar-refractivity contribution is -0.322. The molecular weight excluding hydrogens is 712 g/mol. The van der Waals surface area contributed by atoms with Crippen molar-refractivity contribution in [3.05, 3.63) is 47.5 Å². The molecule has 0 bridgehead atoms. The number of hydrogen-bond donors (Lipinski definition) is 4. The molecule has 0 amide bonds. The summed E-state index contributed by atoms with van der Waals surface area (Å²) in [7, 11) is 3.20. The number of rotatable bonds is 9. The van der Waals surface area contributed by atoms with E-state index >= 15 is 0 Å². The van der Waals surface area contributed by atoms with Crippen LogP contribution >= 0.6 is 0 Å². The maximum atomic E-state index is 13.6. The van der Waals surface area contributed by atoms with Gasteiger partial charge in [0.25, 0.3) is 0 Å². The van der Waals surface area contributed by atoms with Gasteiger partial charge in [-0.3, -0.25) is 4.79 Å². The largest absolute Gasteiger partial charge is 0.458 e. The van der Waals surface area contributed by atoms with Crippen LogP contribution < -0.4 is 0 Å². The lowest BCUT2D eigenvalue weighted by Gasteiger charge is -2.67. The minimum atomic E-state index is -2.02. The van der Waals surface area contributed by atoms with Crippen molar-refractivity contribution in [1.82, 2.24) is 0 Å². The molecule has 3 saturated carbocycles. The average Bonchev–Trinajstić information content (AvgIpc) is 3.39. The lowest BCUT2D eigenvalue weighted by Crippen LogP contribution is -2.78. The Morgan fingerprint density at radius 1 is 0.855 bits per heavy atom. The van der Waals surface area contributed by atoms with Crippen molar-refractivity contribution in [2.45, 2.75) is 171 Å². The number of Topliss-reactive ketones (excluding diaryl/α,β-unsaturated/α-hetero) is 1. The van der Waals surface area contributed by atoms with Crippen molar-refractivity contribution >= 4 is 11.8 Å². The average molecular weight is 773 g/mol. The molecule has 55 heavy (non-hydrogen) atoms. The van der Waals surface area contributed by atoms with Crippen LogP contribution in [0.1, 0.15) is 103 Å². The van der Waals surface area contributed by atoms with Gasteiger partial charge < -0.3 is 53.6 Å². The fourth-order valence-electron chi connectivity index (χ4n) is 11.5. The number of benzene rings is 1. The smallest absolute Gasteiger partial charge is 0.338 e. The van der Waals surface area contributed by atoms with Crippen LogP contribution in [0.2, 0.25) is 0 Å². The van der Waals surface area contributed by atoms with E-state index in [2.05, 4.69) is 6.92 Å². The van der Waals surface area contributed by atoms with Crippen LogP contribution in [-0.2, 0) is 38.0 Å². The summed E-state index contributed by atoms with van der Waals surface area (Å²) in [6, 6.07) is 8.53. The Kier molecular flexibility index (Phi) is 11.0. The highest BCUT2D eigenvalue weighted by molar-refractivity contribution is 5.90. The molecule has 1 aromatic rings. The van der Waals surface area contributed by atoms with Gasteiger partial charge in [0.05, 0.1) is 41.5 Å². The van der Waals surface area contributed by atoms with E-state index in [9.17, 15) is 30.0 Å². The second-order valence-corrected chi connectivity index (χ2v) is 17.5. The Balaban J connectivity index is 1.08. The molecule has 2 aliphatic heterocycles. The van der Waals surface area contributed by atoms with Crippen molar-refractivity contribution in [2.75, 3.05) is 14.2 Å². The van der Waals surface area contributed by atoms with Gasteiger partial charge in [-0.15, -0.1) is 0 Å². The molecular formula is C42H60O13. The quantitative estimate of drug-likeness (QED) is 0.211. The number of fused-ring (bicyclic) bond motifs is 5. The van der Waals surface area contributed by atoms with Crippen LogP contribution in [0.4, 0.5) is 0 Å². The van der Waals surface area contributed by atoms with E-state index in [1.165, 1.54) is 6.92 Å². The van der Waals surface area contributed by atoms with Crippen molar-refractivity contribution in [3.8, 4) is 0 Å². The summed E-state index contributed by atoms with van der Waals surface area (Å²) in [5, 5.41) is 48.1. The monoisotopic (exact) mass is 772 g/mol. The predicted molar refractivity (Wildman–Crippen MR) is 197 cm³/mol. The molecule has 0 radical (unpaired) electrons. The first-order valence-electron chi connectivity index (χ1n) is 19.9. The van der Waals surface area contributed by atoms with Gasteiger partial charge in [0.15, 0.2) is 18.4 Å². The number of methoxy groups -OCH3 is 2. The summed E-state index contributed by atoms with van der Waals surface area (Å²) in [6.45, 7) is 8.70. The van der Waals surface area contributed by atoms with Crippen molar-refractivity contribution in [3.63, 3.8) is 0 Å². The fourth-order valence-corrected chi connectivity index (χ4v) is 11.5. The van der Waals surface area contributed by atoms with E-state index in [-0.39, 0.29) is 44.0 Å². The number of ketones is 1. The molecule has 306 valence electrons. The van der Waals surface area contributed by atoms with E-state index in [1.54, 1.807) is 58.4 Å². The summed E-state index contributed by atoms with van der Waals surface area (Å²) < 4.78 is 42.9. The first kappa shape index (κ1) is 40.9. The Morgan fingerprint density at radius 3 is 2.18 bits per heavy atom. The molecule has 1 aromatic carbocycles. The minimum Gasteiger partial charge on any atom is -0.458 e. The van der Waals surface area contributed by atoms with Gasteiger partial charge in [-0.05, 0) is 90.2 Å². The first-order chi connectivity index (χ1) is 26.0. The third-order valence-electron chi connectivity index (χ3n) is 14.9. The number of aliphatic hydroxyl groups excluding tert-OH is 1. The molecule has 0 spiro atoms. The summed E-state index contributed by atoms with van der Waals surface area (Å²) in [6.07, 6.45) is -0.392.